The third-order valence-electron chi connectivity index (χ3n) is 0.954. The van der Waals surface area contributed by atoms with Gasteiger partial charge in [0.15, 0.2) is 6.79 Å². The van der Waals surface area contributed by atoms with Crippen LogP contribution in [0.15, 0.2) is 0 Å². The van der Waals surface area contributed by atoms with Crippen LogP contribution in [0.4, 0.5) is 0 Å². The van der Waals surface area contributed by atoms with Gasteiger partial charge >= 0.3 is 13.6 Å². The molecule has 0 rings (SSSR count). The Bertz CT molecular complexity index is 203. The van der Waals surface area contributed by atoms with Crippen molar-refractivity contribution in [1.82, 2.24) is 0 Å². The maximum absolute atomic E-state index is 11.2. The Hall–Kier alpha value is -0.420. The van der Waals surface area contributed by atoms with Crippen LogP contribution >= 0.6 is 7.60 Å². The second kappa shape index (κ2) is 6.10. The lowest BCUT2D eigenvalue weighted by atomic mass is 10.8. The van der Waals surface area contributed by atoms with Crippen LogP contribution in [0.2, 0.25) is 0 Å². The molecule has 0 aliphatic rings. The molecule has 1 unspecified atom stereocenters. The molecule has 0 saturated carbocycles. The normalized spacial score (nSPS) is 15.0. The quantitative estimate of drug-likeness (QED) is 0.371. The zero-order valence-electron chi connectivity index (χ0n) is 7.81. The first kappa shape index (κ1) is 12.6. The predicted molar refractivity (Wildman–Crippen MR) is 44.2 cm³/mol. The van der Waals surface area contributed by atoms with Crippen molar-refractivity contribution >= 4 is 13.6 Å². The molecule has 0 aromatic rings. The minimum atomic E-state index is -3.17. The highest BCUT2D eigenvalue weighted by molar-refractivity contribution is 7.52. The van der Waals surface area contributed by atoms with Crippen LogP contribution in [0.1, 0.15) is 6.92 Å². The molecule has 0 bridgehead atoms. The maximum Gasteiger partial charge on any atom is 0.332 e. The van der Waals surface area contributed by atoms with Crippen molar-refractivity contribution < 1.29 is 27.9 Å². The summed E-state index contributed by atoms with van der Waals surface area (Å²) < 4.78 is 29.5. The molecule has 13 heavy (non-hydrogen) atoms. The van der Waals surface area contributed by atoms with Crippen LogP contribution in [0, 0.1) is 0 Å². The van der Waals surface area contributed by atoms with E-state index in [0.29, 0.717) is 0 Å². The van der Waals surface area contributed by atoms with Crippen LogP contribution < -0.4 is 0 Å². The maximum atomic E-state index is 11.2. The molecule has 0 aliphatic carbocycles. The molecular formula is C6H13O6P. The average molecular weight is 212 g/mol. The van der Waals surface area contributed by atoms with Crippen LogP contribution in [-0.2, 0) is 27.9 Å². The second-order valence-electron chi connectivity index (χ2n) is 2.19. The van der Waals surface area contributed by atoms with E-state index < -0.39 is 13.6 Å². The summed E-state index contributed by atoms with van der Waals surface area (Å²) in [5, 5.41) is 0. The van der Waals surface area contributed by atoms with Gasteiger partial charge in [-0.15, -0.1) is 0 Å². The Morgan fingerprint density at radius 3 is 2.31 bits per heavy atom. The molecule has 0 spiro atoms. The van der Waals surface area contributed by atoms with Crippen molar-refractivity contribution in [3.63, 3.8) is 0 Å². The molecule has 6 nitrogen and oxygen atoms in total. The molecule has 0 aromatic heterocycles. The number of ether oxygens (including phenoxy) is 2. The molecule has 0 amide bonds. The van der Waals surface area contributed by atoms with Crippen LogP contribution in [0.25, 0.3) is 0 Å². The van der Waals surface area contributed by atoms with E-state index >= 15 is 0 Å². The van der Waals surface area contributed by atoms with Crippen molar-refractivity contribution in [1.29, 1.82) is 0 Å². The summed E-state index contributed by atoms with van der Waals surface area (Å²) in [5.41, 5.74) is 0. The Morgan fingerprint density at radius 1 is 1.31 bits per heavy atom. The van der Waals surface area contributed by atoms with Gasteiger partial charge in [0, 0.05) is 20.7 Å². The lowest BCUT2D eigenvalue weighted by Gasteiger charge is -2.12. The fourth-order valence-corrected chi connectivity index (χ4v) is 1.01. The van der Waals surface area contributed by atoms with Gasteiger partial charge in [-0.1, -0.05) is 0 Å². The van der Waals surface area contributed by atoms with Crippen molar-refractivity contribution in [2.24, 2.45) is 0 Å². The highest BCUT2D eigenvalue weighted by Crippen LogP contribution is 2.43. The van der Waals surface area contributed by atoms with Gasteiger partial charge in [-0.3, -0.25) is 18.4 Å². The summed E-state index contributed by atoms with van der Waals surface area (Å²) in [6.45, 7) is 1.97. The molecule has 0 fully saturated rings. The minimum Gasteiger partial charge on any atom is -0.438 e. The summed E-state index contributed by atoms with van der Waals surface area (Å²) in [4.78, 5) is 10.3. The Labute approximate surface area is 76.6 Å². The van der Waals surface area contributed by atoms with Crippen LogP contribution in [0.5, 0.6) is 0 Å². The average Bonchev–Trinajstić information content (AvgIpc) is 2.00. The topological polar surface area (TPSA) is 71.1 Å². The van der Waals surface area contributed by atoms with Crippen molar-refractivity contribution in [3.05, 3.63) is 0 Å². The van der Waals surface area contributed by atoms with E-state index in [9.17, 15) is 9.36 Å². The fraction of sp³-hybridized carbons (Fsp3) is 0.833. The number of methoxy groups -OCH3 is 1. The summed E-state index contributed by atoms with van der Waals surface area (Å²) in [6.07, 6.45) is 0. The van der Waals surface area contributed by atoms with E-state index in [-0.39, 0.29) is 13.6 Å². The van der Waals surface area contributed by atoms with E-state index in [4.69, 9.17) is 0 Å². The number of carbonyl (C=O) groups excluding carboxylic acids is 1. The van der Waals surface area contributed by atoms with E-state index in [0.717, 1.165) is 0 Å². The van der Waals surface area contributed by atoms with Gasteiger partial charge in [0.25, 0.3) is 0 Å². The standard InChI is InChI=1S/C6H13O6P/c1-6(7)10-5-12-13(3,8)11-4-9-2/h4-5H2,1-3H3. The van der Waals surface area contributed by atoms with E-state index in [2.05, 4.69) is 18.5 Å². The summed E-state index contributed by atoms with van der Waals surface area (Å²) in [6, 6.07) is 0. The zero-order valence-corrected chi connectivity index (χ0v) is 8.71. The smallest absolute Gasteiger partial charge is 0.332 e. The fourth-order valence-electron chi connectivity index (χ4n) is 0.391. The van der Waals surface area contributed by atoms with Gasteiger partial charge in [-0.2, -0.15) is 0 Å². The number of esters is 1. The lowest BCUT2D eigenvalue weighted by Crippen LogP contribution is -2.05. The van der Waals surface area contributed by atoms with Gasteiger partial charge in [0.2, 0.25) is 6.79 Å². The molecule has 1 atom stereocenters. The lowest BCUT2D eigenvalue weighted by molar-refractivity contribution is -0.147. The Balaban J connectivity index is 3.63. The number of hydrogen-bond acceptors (Lipinski definition) is 6. The predicted octanol–water partition coefficient (Wildman–Crippen LogP) is 0.967. The van der Waals surface area contributed by atoms with Crippen molar-refractivity contribution in [2.75, 3.05) is 27.4 Å². The molecule has 0 heterocycles. The van der Waals surface area contributed by atoms with Gasteiger partial charge in [-0.25, -0.2) is 0 Å². The second-order valence-corrected chi connectivity index (χ2v) is 4.25. The first-order valence-corrected chi connectivity index (χ1v) is 5.46. The van der Waals surface area contributed by atoms with Gasteiger partial charge in [0.1, 0.15) is 0 Å². The Morgan fingerprint density at radius 2 is 1.85 bits per heavy atom. The van der Waals surface area contributed by atoms with Crippen molar-refractivity contribution in [2.45, 2.75) is 6.92 Å². The van der Waals surface area contributed by atoms with E-state index in [1.807, 2.05) is 0 Å². The van der Waals surface area contributed by atoms with Crippen LogP contribution in [0.3, 0.4) is 0 Å². The molecule has 78 valence electrons. The number of hydrogen-bond donors (Lipinski definition) is 0. The molecular weight excluding hydrogens is 199 g/mol. The monoisotopic (exact) mass is 212 g/mol. The largest absolute Gasteiger partial charge is 0.438 e. The molecule has 0 aliphatic heterocycles. The summed E-state index contributed by atoms with van der Waals surface area (Å²) in [5.74, 6) is -0.508. The first-order valence-electron chi connectivity index (χ1n) is 3.47. The molecule has 0 saturated heterocycles. The third-order valence-corrected chi connectivity index (χ3v) is 2.10. The SMILES string of the molecule is COCOP(C)(=O)OCOC(C)=O. The van der Waals surface area contributed by atoms with Gasteiger partial charge < -0.3 is 9.47 Å². The minimum absolute atomic E-state index is 0.131. The molecule has 0 radical (unpaired) electrons. The molecule has 7 heteroatoms. The van der Waals surface area contributed by atoms with Gasteiger partial charge in [0.05, 0.1) is 0 Å². The highest BCUT2D eigenvalue weighted by atomic mass is 31.2. The van der Waals surface area contributed by atoms with Crippen molar-refractivity contribution in [3.8, 4) is 0 Å². The van der Waals surface area contributed by atoms with Crippen LogP contribution in [-0.4, -0.2) is 33.3 Å². The number of rotatable bonds is 6. The first-order chi connectivity index (χ1) is 5.98. The highest BCUT2D eigenvalue weighted by Gasteiger charge is 2.16. The molecule has 0 N–H and O–H groups in total. The zero-order chi connectivity index (χ0) is 10.3. The molecule has 0 aromatic carbocycles. The number of carbonyl (C=O) groups is 1. The Kier molecular flexibility index (Phi) is 5.90. The summed E-state index contributed by atoms with van der Waals surface area (Å²) in [7, 11) is -1.77. The van der Waals surface area contributed by atoms with E-state index in [1.54, 1.807) is 0 Å². The third kappa shape index (κ3) is 7.93. The van der Waals surface area contributed by atoms with Gasteiger partial charge in [-0.05, 0) is 0 Å². The summed E-state index contributed by atoms with van der Waals surface area (Å²) >= 11 is 0. The van der Waals surface area contributed by atoms with E-state index in [1.165, 1.54) is 20.7 Å².